The van der Waals surface area contributed by atoms with Crippen molar-refractivity contribution in [3.8, 4) is 5.75 Å². The van der Waals surface area contributed by atoms with E-state index in [1.807, 2.05) is 0 Å². The van der Waals surface area contributed by atoms with Crippen molar-refractivity contribution in [2.24, 2.45) is 4.99 Å². The number of hydrogen-bond donors (Lipinski definition) is 1. The van der Waals surface area contributed by atoms with Gasteiger partial charge in [0.25, 0.3) is 5.91 Å². The van der Waals surface area contributed by atoms with Gasteiger partial charge in [-0.3, -0.25) is 19.8 Å². The first-order valence-corrected chi connectivity index (χ1v) is 10.2. The molecule has 0 aliphatic carbocycles. The van der Waals surface area contributed by atoms with Crippen LogP contribution in [0, 0.1) is 10.1 Å². The number of rotatable bonds is 7. The van der Waals surface area contributed by atoms with Gasteiger partial charge in [-0.25, -0.2) is 9.79 Å². The van der Waals surface area contributed by atoms with Gasteiger partial charge in [-0.15, -0.1) is 0 Å². The van der Waals surface area contributed by atoms with Gasteiger partial charge in [-0.2, -0.15) is 0 Å². The average Bonchev–Trinajstić information content (AvgIpc) is 3.03. The lowest BCUT2D eigenvalue weighted by molar-refractivity contribution is -0.385. The molecule has 3 rings (SSSR count). The lowest BCUT2D eigenvalue weighted by atomic mass is 10.1. The molecule has 31 heavy (non-hydrogen) atoms. The standard InChI is InChI=1S/C21H19N3O6S/c1-3-23-19(25)18(11-13-8-9-17(30-4-2)16(10-13)24(28)29)31-21(23)22-15-7-5-6-14(12-15)20(26)27/h5-12H,3-4H2,1-2H3,(H,26,27)/b18-11+,22-21?. The number of ether oxygens (including phenoxy) is 1. The Hall–Kier alpha value is -3.66. The molecule has 1 fully saturated rings. The summed E-state index contributed by atoms with van der Waals surface area (Å²) in [5.41, 5.74) is 0.804. The van der Waals surface area contributed by atoms with E-state index in [-0.39, 0.29) is 22.9 Å². The number of aromatic carboxylic acids is 1. The third-order valence-electron chi connectivity index (χ3n) is 4.30. The molecule has 0 spiro atoms. The quantitative estimate of drug-likeness (QED) is 0.386. The highest BCUT2D eigenvalue weighted by molar-refractivity contribution is 8.18. The number of thioether (sulfide) groups is 1. The molecule has 1 heterocycles. The maximum atomic E-state index is 12.8. The van der Waals surface area contributed by atoms with Crippen LogP contribution in [0.1, 0.15) is 29.8 Å². The first-order chi connectivity index (χ1) is 14.8. The van der Waals surface area contributed by atoms with Crippen LogP contribution in [-0.4, -0.2) is 45.1 Å². The third kappa shape index (κ3) is 4.92. The summed E-state index contributed by atoms with van der Waals surface area (Å²) in [6.45, 7) is 4.19. The van der Waals surface area contributed by atoms with Crippen LogP contribution in [-0.2, 0) is 4.79 Å². The summed E-state index contributed by atoms with van der Waals surface area (Å²) in [6, 6.07) is 10.6. The molecule has 1 saturated heterocycles. The number of nitrogens with zero attached hydrogens (tertiary/aromatic N) is 3. The number of carboxylic acids is 1. The second-order valence-corrected chi connectivity index (χ2v) is 7.34. The number of carbonyl (C=O) groups is 2. The number of benzene rings is 2. The van der Waals surface area contributed by atoms with Crippen molar-refractivity contribution in [1.29, 1.82) is 0 Å². The molecular formula is C21H19N3O6S. The molecule has 9 nitrogen and oxygen atoms in total. The Kier molecular flexibility index (Phi) is 6.71. The first kappa shape index (κ1) is 22.0. The van der Waals surface area contributed by atoms with Gasteiger partial charge < -0.3 is 9.84 Å². The smallest absolute Gasteiger partial charge is 0.335 e. The first-order valence-electron chi connectivity index (χ1n) is 9.38. The van der Waals surface area contributed by atoms with E-state index in [2.05, 4.69) is 4.99 Å². The number of amidine groups is 1. The minimum absolute atomic E-state index is 0.0942. The van der Waals surface area contributed by atoms with Gasteiger partial charge in [0.15, 0.2) is 10.9 Å². The van der Waals surface area contributed by atoms with Gasteiger partial charge in [0.1, 0.15) is 0 Å². The molecule has 0 unspecified atom stereocenters. The molecule has 0 bridgehead atoms. The van der Waals surface area contributed by atoms with E-state index in [9.17, 15) is 19.7 Å². The summed E-state index contributed by atoms with van der Waals surface area (Å²) in [6.07, 6.45) is 1.56. The van der Waals surface area contributed by atoms with Gasteiger partial charge in [0, 0.05) is 12.6 Å². The monoisotopic (exact) mass is 441 g/mol. The molecule has 1 N–H and O–H groups in total. The molecular weight excluding hydrogens is 422 g/mol. The lowest BCUT2D eigenvalue weighted by Crippen LogP contribution is -2.28. The van der Waals surface area contributed by atoms with Crippen LogP contribution in [0.5, 0.6) is 5.75 Å². The van der Waals surface area contributed by atoms with E-state index in [0.29, 0.717) is 34.5 Å². The van der Waals surface area contributed by atoms with E-state index in [4.69, 9.17) is 9.84 Å². The van der Waals surface area contributed by atoms with Crippen molar-refractivity contribution in [3.63, 3.8) is 0 Å². The van der Waals surface area contributed by atoms with Gasteiger partial charge >= 0.3 is 11.7 Å². The van der Waals surface area contributed by atoms with Gasteiger partial charge in [-0.05, 0) is 61.5 Å². The minimum Gasteiger partial charge on any atom is -0.487 e. The molecule has 0 aromatic heterocycles. The summed E-state index contributed by atoms with van der Waals surface area (Å²) < 4.78 is 5.29. The summed E-state index contributed by atoms with van der Waals surface area (Å²) in [5.74, 6) is -1.18. The second-order valence-electron chi connectivity index (χ2n) is 6.33. The number of amides is 1. The van der Waals surface area contributed by atoms with Gasteiger partial charge in [0.2, 0.25) is 0 Å². The Balaban J connectivity index is 1.95. The van der Waals surface area contributed by atoms with Crippen molar-refractivity contribution in [2.75, 3.05) is 13.2 Å². The summed E-state index contributed by atoms with van der Waals surface area (Å²) in [5, 5.41) is 20.9. The zero-order valence-corrected chi connectivity index (χ0v) is 17.6. The molecule has 0 saturated carbocycles. The van der Waals surface area contributed by atoms with E-state index >= 15 is 0 Å². The van der Waals surface area contributed by atoms with Crippen LogP contribution >= 0.6 is 11.8 Å². The van der Waals surface area contributed by atoms with E-state index in [1.54, 1.807) is 38.1 Å². The molecule has 2 aromatic carbocycles. The number of carbonyl (C=O) groups excluding carboxylic acids is 1. The van der Waals surface area contributed by atoms with Crippen molar-refractivity contribution in [1.82, 2.24) is 4.90 Å². The number of nitro benzene ring substituents is 1. The largest absolute Gasteiger partial charge is 0.487 e. The zero-order chi connectivity index (χ0) is 22.5. The molecule has 160 valence electrons. The van der Waals surface area contributed by atoms with Crippen LogP contribution in [0.4, 0.5) is 11.4 Å². The minimum atomic E-state index is -1.07. The maximum absolute atomic E-state index is 12.8. The molecule has 0 atom stereocenters. The fourth-order valence-electron chi connectivity index (χ4n) is 2.88. The summed E-state index contributed by atoms with van der Waals surface area (Å²) in [4.78, 5) is 41.0. The predicted molar refractivity (Wildman–Crippen MR) is 118 cm³/mol. The Morgan fingerprint density at radius 2 is 2.06 bits per heavy atom. The van der Waals surface area contributed by atoms with Crippen molar-refractivity contribution in [2.45, 2.75) is 13.8 Å². The van der Waals surface area contributed by atoms with E-state index in [0.717, 1.165) is 11.8 Å². The normalized spacial score (nSPS) is 16.2. The highest BCUT2D eigenvalue weighted by Gasteiger charge is 2.32. The molecule has 2 aromatic rings. The van der Waals surface area contributed by atoms with Crippen LogP contribution in [0.15, 0.2) is 52.4 Å². The van der Waals surface area contributed by atoms with Gasteiger partial charge in [0.05, 0.1) is 27.7 Å². The zero-order valence-electron chi connectivity index (χ0n) is 16.8. The van der Waals surface area contributed by atoms with Crippen molar-refractivity contribution >= 4 is 46.3 Å². The third-order valence-corrected chi connectivity index (χ3v) is 5.31. The van der Waals surface area contributed by atoms with E-state index in [1.165, 1.54) is 29.2 Å². The Bertz CT molecular complexity index is 1110. The number of nitro groups is 1. The topological polar surface area (TPSA) is 122 Å². The predicted octanol–water partition coefficient (Wildman–Crippen LogP) is 4.32. The summed E-state index contributed by atoms with van der Waals surface area (Å²) in [7, 11) is 0. The number of carboxylic acid groups (broad SMARTS) is 1. The molecule has 1 aliphatic rings. The van der Waals surface area contributed by atoms with Crippen molar-refractivity contribution in [3.05, 3.63) is 68.6 Å². The van der Waals surface area contributed by atoms with Gasteiger partial charge in [-0.1, -0.05) is 12.1 Å². The van der Waals surface area contributed by atoms with Crippen LogP contribution < -0.4 is 4.74 Å². The second kappa shape index (κ2) is 9.43. The molecule has 1 aliphatic heterocycles. The SMILES string of the molecule is CCOc1ccc(/C=C2/SC(=Nc3cccc(C(=O)O)c3)N(CC)C2=O)cc1[N+](=O)[O-]. The Morgan fingerprint density at radius 1 is 1.29 bits per heavy atom. The molecule has 1 amide bonds. The van der Waals surface area contributed by atoms with Crippen molar-refractivity contribution < 1.29 is 24.4 Å². The number of aliphatic imine (C=N–C) groups is 1. The number of likely N-dealkylation sites (N-methyl/N-ethyl adjacent to an activating group) is 1. The molecule has 10 heteroatoms. The van der Waals surface area contributed by atoms with E-state index < -0.39 is 10.9 Å². The number of hydrogen-bond acceptors (Lipinski definition) is 7. The van der Waals surface area contributed by atoms with Crippen LogP contribution in [0.3, 0.4) is 0 Å². The Labute approximate surface area is 182 Å². The van der Waals surface area contributed by atoms with Crippen LogP contribution in [0.2, 0.25) is 0 Å². The molecule has 0 radical (unpaired) electrons. The fraction of sp³-hybridized carbons (Fsp3) is 0.190. The average molecular weight is 441 g/mol. The Morgan fingerprint density at radius 3 is 2.71 bits per heavy atom. The fourth-order valence-corrected chi connectivity index (χ4v) is 3.95. The highest BCUT2D eigenvalue weighted by atomic mass is 32.2. The van der Waals surface area contributed by atoms with Crippen LogP contribution in [0.25, 0.3) is 6.08 Å². The highest BCUT2D eigenvalue weighted by Crippen LogP contribution is 2.35. The summed E-state index contributed by atoms with van der Waals surface area (Å²) >= 11 is 1.12. The lowest BCUT2D eigenvalue weighted by Gasteiger charge is -2.12. The maximum Gasteiger partial charge on any atom is 0.335 e.